The van der Waals surface area contributed by atoms with Crippen molar-refractivity contribution in [2.45, 2.75) is 6.42 Å². The number of carbonyl (C=O) groups is 1. The third kappa shape index (κ3) is 3.28. The normalized spacial score (nSPS) is 9.12. The molecule has 0 aliphatic carbocycles. The molecular weight excluding hydrogens is 272 g/mol. The molecule has 0 saturated heterocycles. The lowest BCUT2D eigenvalue weighted by Gasteiger charge is -2.03. The van der Waals surface area contributed by atoms with Crippen molar-refractivity contribution in [1.82, 2.24) is 0 Å². The first kappa shape index (κ1) is 12.6. The van der Waals surface area contributed by atoms with Crippen LogP contribution in [0.4, 0.5) is 0 Å². The number of carboxylic acids is 1. The first-order valence-electron chi connectivity index (χ1n) is 4.65. The quantitative estimate of drug-likeness (QED) is 0.685. The van der Waals surface area contributed by atoms with Crippen LogP contribution in [-0.4, -0.2) is 23.5 Å². The lowest BCUT2D eigenvalue weighted by atomic mass is 10.1. The van der Waals surface area contributed by atoms with Gasteiger partial charge in [-0.3, -0.25) is 0 Å². The minimum absolute atomic E-state index is 0.212. The van der Waals surface area contributed by atoms with E-state index < -0.39 is 5.97 Å². The zero-order valence-electron chi connectivity index (χ0n) is 8.79. The molecule has 0 atom stereocenters. The summed E-state index contributed by atoms with van der Waals surface area (Å²) in [6.45, 7) is 0. The highest BCUT2D eigenvalue weighted by Gasteiger charge is 2.06. The molecule has 16 heavy (non-hydrogen) atoms. The van der Waals surface area contributed by atoms with Gasteiger partial charge in [0.05, 0.1) is 18.2 Å². The van der Waals surface area contributed by atoms with E-state index in [-0.39, 0.29) is 5.56 Å². The van der Waals surface area contributed by atoms with Crippen LogP contribution in [0.5, 0.6) is 5.75 Å². The Balaban J connectivity index is 3.08. The average Bonchev–Trinajstić information content (AvgIpc) is 2.29. The van der Waals surface area contributed by atoms with Gasteiger partial charge in [0.15, 0.2) is 0 Å². The van der Waals surface area contributed by atoms with Gasteiger partial charge in [-0.2, -0.15) is 0 Å². The highest BCUT2D eigenvalue weighted by Crippen LogP contribution is 2.18. The van der Waals surface area contributed by atoms with Crippen molar-refractivity contribution >= 4 is 21.9 Å². The molecule has 0 radical (unpaired) electrons. The van der Waals surface area contributed by atoms with Crippen molar-refractivity contribution < 1.29 is 14.6 Å². The summed E-state index contributed by atoms with van der Waals surface area (Å²) in [4.78, 5) is 10.8. The van der Waals surface area contributed by atoms with Gasteiger partial charge in [0.1, 0.15) is 5.75 Å². The topological polar surface area (TPSA) is 46.5 Å². The summed E-state index contributed by atoms with van der Waals surface area (Å²) in [7, 11) is 1.53. The van der Waals surface area contributed by atoms with Gasteiger partial charge < -0.3 is 9.84 Å². The van der Waals surface area contributed by atoms with E-state index in [2.05, 4.69) is 27.8 Å². The van der Waals surface area contributed by atoms with E-state index in [1.165, 1.54) is 19.2 Å². The second-order valence-electron chi connectivity index (χ2n) is 2.96. The number of ether oxygens (including phenoxy) is 1. The molecule has 0 saturated carbocycles. The third-order valence-electron chi connectivity index (χ3n) is 1.89. The summed E-state index contributed by atoms with van der Waals surface area (Å²) in [6, 6.07) is 4.63. The minimum atomic E-state index is -0.966. The first-order valence-corrected chi connectivity index (χ1v) is 5.77. The van der Waals surface area contributed by atoms with E-state index in [1.807, 2.05) is 0 Å². The highest BCUT2D eigenvalue weighted by molar-refractivity contribution is 9.09. The summed E-state index contributed by atoms with van der Waals surface area (Å²) in [5.41, 5.74) is 0.812. The molecular formula is C12H11BrO3. The highest BCUT2D eigenvalue weighted by atomic mass is 79.9. The van der Waals surface area contributed by atoms with Gasteiger partial charge >= 0.3 is 5.97 Å². The average molecular weight is 283 g/mol. The van der Waals surface area contributed by atoms with Gasteiger partial charge in [0, 0.05) is 11.8 Å². The summed E-state index contributed by atoms with van der Waals surface area (Å²) in [6.07, 6.45) is 0.709. The van der Waals surface area contributed by atoms with Crippen LogP contribution in [0.1, 0.15) is 22.3 Å². The van der Waals surface area contributed by atoms with Crippen molar-refractivity contribution in [3.63, 3.8) is 0 Å². The number of methoxy groups -OCH3 is 1. The Morgan fingerprint density at radius 1 is 1.56 bits per heavy atom. The Bertz CT molecular complexity index is 443. The second kappa shape index (κ2) is 6.19. The maximum atomic E-state index is 10.8. The van der Waals surface area contributed by atoms with Crippen molar-refractivity contribution in [2.24, 2.45) is 0 Å². The maximum absolute atomic E-state index is 10.8. The smallest absolute Gasteiger partial charge is 0.335 e. The number of alkyl halides is 1. The van der Waals surface area contributed by atoms with E-state index >= 15 is 0 Å². The molecule has 0 aromatic heterocycles. The zero-order valence-corrected chi connectivity index (χ0v) is 10.4. The van der Waals surface area contributed by atoms with Gasteiger partial charge in [-0.1, -0.05) is 27.8 Å². The standard InChI is InChI=1S/C12H11BrO3/c1-16-11-6-5-10(12(14)15)8-9(11)4-2-3-7-13/h5-6,8H,3,7H2,1H3,(H,14,15). The largest absolute Gasteiger partial charge is 0.495 e. The molecule has 1 N–H and O–H groups in total. The predicted octanol–water partition coefficient (Wildman–Crippen LogP) is 2.53. The Morgan fingerprint density at radius 3 is 2.88 bits per heavy atom. The Labute approximate surface area is 103 Å². The second-order valence-corrected chi connectivity index (χ2v) is 3.75. The molecule has 1 aromatic rings. The van der Waals surface area contributed by atoms with Crippen LogP contribution in [0.2, 0.25) is 0 Å². The van der Waals surface area contributed by atoms with E-state index in [9.17, 15) is 4.79 Å². The van der Waals surface area contributed by atoms with Crippen molar-refractivity contribution in [2.75, 3.05) is 12.4 Å². The molecule has 4 heteroatoms. The fraction of sp³-hybridized carbons (Fsp3) is 0.250. The van der Waals surface area contributed by atoms with Gasteiger partial charge in [0.25, 0.3) is 0 Å². The molecule has 1 rings (SSSR count). The Morgan fingerprint density at radius 2 is 2.31 bits per heavy atom. The van der Waals surface area contributed by atoms with Crippen molar-refractivity contribution in [1.29, 1.82) is 0 Å². The molecule has 0 aliphatic heterocycles. The first-order chi connectivity index (χ1) is 7.69. The summed E-state index contributed by atoms with van der Waals surface area (Å²) in [5.74, 6) is 5.44. The van der Waals surface area contributed by atoms with Crippen LogP contribution in [-0.2, 0) is 0 Å². The van der Waals surface area contributed by atoms with Crippen LogP contribution >= 0.6 is 15.9 Å². The number of carboxylic acid groups (broad SMARTS) is 1. The number of aromatic carboxylic acids is 1. The van der Waals surface area contributed by atoms with E-state index in [4.69, 9.17) is 9.84 Å². The number of benzene rings is 1. The maximum Gasteiger partial charge on any atom is 0.335 e. The molecule has 0 aliphatic rings. The molecule has 0 fully saturated rings. The monoisotopic (exact) mass is 282 g/mol. The summed E-state index contributed by atoms with van der Waals surface area (Å²) in [5, 5.41) is 9.64. The van der Waals surface area contributed by atoms with Crippen LogP contribution in [0, 0.1) is 11.8 Å². The molecule has 0 bridgehead atoms. The van der Waals surface area contributed by atoms with Crippen LogP contribution < -0.4 is 4.74 Å². The van der Waals surface area contributed by atoms with Gasteiger partial charge in [0.2, 0.25) is 0 Å². The Hall–Kier alpha value is -1.47. The molecule has 0 heterocycles. The van der Waals surface area contributed by atoms with Crippen LogP contribution in [0.3, 0.4) is 0 Å². The van der Waals surface area contributed by atoms with Crippen molar-refractivity contribution in [3.8, 4) is 17.6 Å². The van der Waals surface area contributed by atoms with Crippen LogP contribution in [0.25, 0.3) is 0 Å². The fourth-order valence-electron chi connectivity index (χ4n) is 1.14. The summed E-state index contributed by atoms with van der Waals surface area (Å²) >= 11 is 3.27. The Kier molecular flexibility index (Phi) is 4.87. The molecule has 0 spiro atoms. The number of hydrogen-bond donors (Lipinski definition) is 1. The third-order valence-corrected chi connectivity index (χ3v) is 2.29. The molecule has 3 nitrogen and oxygen atoms in total. The van der Waals surface area contributed by atoms with E-state index in [0.717, 1.165) is 5.33 Å². The fourth-order valence-corrected chi connectivity index (χ4v) is 1.34. The lowest BCUT2D eigenvalue weighted by molar-refractivity contribution is 0.0697. The molecule has 0 amide bonds. The minimum Gasteiger partial charge on any atom is -0.495 e. The molecule has 84 valence electrons. The SMILES string of the molecule is COc1ccc(C(=O)O)cc1C#CCCBr. The molecule has 0 unspecified atom stereocenters. The van der Waals surface area contributed by atoms with Gasteiger partial charge in [-0.05, 0) is 18.2 Å². The van der Waals surface area contributed by atoms with Gasteiger partial charge in [-0.15, -0.1) is 0 Å². The van der Waals surface area contributed by atoms with Crippen LogP contribution in [0.15, 0.2) is 18.2 Å². The number of rotatable bonds is 3. The summed E-state index contributed by atoms with van der Waals surface area (Å²) < 4.78 is 5.10. The zero-order chi connectivity index (χ0) is 12.0. The number of halogens is 1. The predicted molar refractivity (Wildman–Crippen MR) is 65.2 cm³/mol. The van der Waals surface area contributed by atoms with Crippen molar-refractivity contribution in [3.05, 3.63) is 29.3 Å². The number of hydrogen-bond acceptors (Lipinski definition) is 2. The van der Waals surface area contributed by atoms with E-state index in [1.54, 1.807) is 6.07 Å². The molecule has 1 aromatic carbocycles. The van der Waals surface area contributed by atoms with E-state index in [0.29, 0.717) is 17.7 Å². The van der Waals surface area contributed by atoms with Gasteiger partial charge in [-0.25, -0.2) is 4.79 Å². The lowest BCUT2D eigenvalue weighted by Crippen LogP contribution is -1.98.